The van der Waals surface area contributed by atoms with Crippen LogP contribution in [0.15, 0.2) is 4.52 Å². The van der Waals surface area contributed by atoms with Crippen LogP contribution in [0.5, 0.6) is 0 Å². The van der Waals surface area contributed by atoms with E-state index in [-0.39, 0.29) is 6.04 Å². The van der Waals surface area contributed by atoms with E-state index in [1.165, 1.54) is 0 Å². The highest BCUT2D eigenvalue weighted by Gasteiger charge is 2.15. The Morgan fingerprint density at radius 1 is 1.24 bits per heavy atom. The molecule has 0 fully saturated rings. The van der Waals surface area contributed by atoms with Crippen molar-refractivity contribution in [3.63, 3.8) is 0 Å². The third-order valence-corrected chi connectivity index (χ3v) is 3.57. The van der Waals surface area contributed by atoms with Gasteiger partial charge in [0.15, 0.2) is 5.82 Å². The van der Waals surface area contributed by atoms with E-state index < -0.39 is 0 Å². The van der Waals surface area contributed by atoms with Crippen molar-refractivity contribution in [3.05, 3.63) is 11.7 Å². The highest BCUT2D eigenvalue weighted by Crippen LogP contribution is 2.19. The molecule has 98 valence electrons. The predicted octanol–water partition coefficient (Wildman–Crippen LogP) is 3.00. The van der Waals surface area contributed by atoms with Crippen LogP contribution in [0.4, 0.5) is 0 Å². The van der Waals surface area contributed by atoms with Gasteiger partial charge in [0.2, 0.25) is 5.89 Å². The van der Waals surface area contributed by atoms with Crippen LogP contribution >= 0.6 is 11.8 Å². The Morgan fingerprint density at radius 2 is 1.94 bits per heavy atom. The standard InChI is InChI=1S/C12H23N3OS/c1-8(2)5-10(13)12-14-11(15-16-12)7-17-6-9(3)4/h8-10H,5-7,13H2,1-4H3/t10-/m1/s1. The zero-order chi connectivity index (χ0) is 12.8. The summed E-state index contributed by atoms with van der Waals surface area (Å²) in [5.41, 5.74) is 5.98. The molecular formula is C12H23N3OS. The highest BCUT2D eigenvalue weighted by molar-refractivity contribution is 7.98. The quantitative estimate of drug-likeness (QED) is 0.813. The molecule has 0 bridgehead atoms. The lowest BCUT2D eigenvalue weighted by Gasteiger charge is -2.08. The van der Waals surface area contributed by atoms with Crippen molar-refractivity contribution in [3.8, 4) is 0 Å². The molecule has 5 heteroatoms. The molecule has 0 spiro atoms. The molecule has 0 unspecified atom stereocenters. The summed E-state index contributed by atoms with van der Waals surface area (Å²) in [6.07, 6.45) is 0.876. The van der Waals surface area contributed by atoms with Gasteiger partial charge < -0.3 is 10.3 Å². The molecule has 1 heterocycles. The van der Waals surface area contributed by atoms with E-state index in [0.29, 0.717) is 17.7 Å². The van der Waals surface area contributed by atoms with Crippen LogP contribution in [0.3, 0.4) is 0 Å². The Bertz CT molecular complexity index is 325. The lowest BCUT2D eigenvalue weighted by atomic mass is 10.0. The topological polar surface area (TPSA) is 64.9 Å². The minimum Gasteiger partial charge on any atom is -0.338 e. The lowest BCUT2D eigenvalue weighted by Crippen LogP contribution is -2.13. The Balaban J connectivity index is 2.42. The molecule has 0 aliphatic rings. The summed E-state index contributed by atoms with van der Waals surface area (Å²) in [6, 6.07) is -0.133. The Hall–Kier alpha value is -0.550. The Kier molecular flexibility index (Phi) is 5.98. The first-order valence-corrected chi connectivity index (χ1v) is 7.30. The first-order valence-electron chi connectivity index (χ1n) is 6.14. The van der Waals surface area contributed by atoms with Gasteiger partial charge in [-0.1, -0.05) is 32.9 Å². The maximum absolute atomic E-state index is 5.98. The van der Waals surface area contributed by atoms with Crippen LogP contribution in [-0.2, 0) is 5.75 Å². The summed E-state index contributed by atoms with van der Waals surface area (Å²) < 4.78 is 5.19. The van der Waals surface area contributed by atoms with E-state index in [1.54, 1.807) is 0 Å². The number of nitrogens with two attached hydrogens (primary N) is 1. The fourth-order valence-electron chi connectivity index (χ4n) is 1.47. The van der Waals surface area contributed by atoms with E-state index in [2.05, 4.69) is 37.8 Å². The average molecular weight is 257 g/mol. The minimum atomic E-state index is -0.133. The largest absolute Gasteiger partial charge is 0.338 e. The smallest absolute Gasteiger partial charge is 0.243 e. The van der Waals surface area contributed by atoms with Crippen LogP contribution in [0.1, 0.15) is 51.9 Å². The number of hydrogen-bond donors (Lipinski definition) is 1. The SMILES string of the molecule is CC(C)CSCc1noc([C@H](N)CC(C)C)n1. The van der Waals surface area contributed by atoms with E-state index in [4.69, 9.17) is 10.3 Å². The van der Waals surface area contributed by atoms with Gasteiger partial charge in [-0.25, -0.2) is 0 Å². The Morgan fingerprint density at radius 3 is 2.53 bits per heavy atom. The zero-order valence-electron chi connectivity index (χ0n) is 11.1. The number of thioether (sulfide) groups is 1. The van der Waals surface area contributed by atoms with Gasteiger partial charge in [0.1, 0.15) is 0 Å². The molecule has 0 aliphatic heterocycles. The second-order valence-corrected chi connectivity index (χ2v) is 6.22. The summed E-state index contributed by atoms with van der Waals surface area (Å²) in [5, 5.41) is 3.95. The molecule has 0 amide bonds. The molecule has 0 radical (unpaired) electrons. The van der Waals surface area contributed by atoms with Crippen LogP contribution in [0.25, 0.3) is 0 Å². The molecule has 0 saturated carbocycles. The summed E-state index contributed by atoms with van der Waals surface area (Å²) in [7, 11) is 0. The molecular weight excluding hydrogens is 234 g/mol. The highest BCUT2D eigenvalue weighted by atomic mass is 32.2. The monoisotopic (exact) mass is 257 g/mol. The maximum atomic E-state index is 5.98. The van der Waals surface area contributed by atoms with Crippen molar-refractivity contribution in [2.75, 3.05) is 5.75 Å². The van der Waals surface area contributed by atoms with Crippen molar-refractivity contribution in [1.82, 2.24) is 10.1 Å². The van der Waals surface area contributed by atoms with E-state index in [1.807, 2.05) is 11.8 Å². The van der Waals surface area contributed by atoms with E-state index in [9.17, 15) is 0 Å². The molecule has 0 aliphatic carbocycles. The molecule has 1 rings (SSSR count). The average Bonchev–Trinajstić information content (AvgIpc) is 2.64. The van der Waals surface area contributed by atoms with Crippen molar-refractivity contribution < 1.29 is 4.52 Å². The van der Waals surface area contributed by atoms with Gasteiger partial charge in [0.25, 0.3) is 0 Å². The first-order chi connectivity index (χ1) is 7.99. The van der Waals surface area contributed by atoms with Gasteiger partial charge in [0, 0.05) is 0 Å². The predicted molar refractivity (Wildman–Crippen MR) is 71.7 cm³/mol. The normalized spacial score (nSPS) is 13.6. The molecule has 1 atom stereocenters. The summed E-state index contributed by atoms with van der Waals surface area (Å²) >= 11 is 1.83. The molecule has 2 N–H and O–H groups in total. The summed E-state index contributed by atoms with van der Waals surface area (Å²) in [4.78, 5) is 4.34. The maximum Gasteiger partial charge on any atom is 0.243 e. The molecule has 1 aromatic rings. The number of hydrogen-bond acceptors (Lipinski definition) is 5. The number of nitrogens with zero attached hydrogens (tertiary/aromatic N) is 2. The van der Waals surface area contributed by atoms with Gasteiger partial charge in [-0.2, -0.15) is 16.7 Å². The van der Waals surface area contributed by atoms with Gasteiger partial charge >= 0.3 is 0 Å². The second kappa shape index (κ2) is 7.01. The zero-order valence-corrected chi connectivity index (χ0v) is 12.0. The summed E-state index contributed by atoms with van der Waals surface area (Å²) in [5.74, 6) is 4.46. The third kappa shape index (κ3) is 5.55. The van der Waals surface area contributed by atoms with Gasteiger partial charge in [-0.15, -0.1) is 0 Å². The van der Waals surface area contributed by atoms with Crippen molar-refractivity contribution >= 4 is 11.8 Å². The lowest BCUT2D eigenvalue weighted by molar-refractivity contribution is 0.333. The van der Waals surface area contributed by atoms with Crippen molar-refractivity contribution in [1.29, 1.82) is 0 Å². The first kappa shape index (κ1) is 14.5. The molecule has 0 saturated heterocycles. The summed E-state index contributed by atoms with van der Waals surface area (Å²) in [6.45, 7) is 8.67. The fourth-order valence-corrected chi connectivity index (χ4v) is 2.36. The van der Waals surface area contributed by atoms with Gasteiger partial charge in [0.05, 0.1) is 11.8 Å². The second-order valence-electron chi connectivity index (χ2n) is 5.19. The number of rotatable bonds is 7. The van der Waals surface area contributed by atoms with Gasteiger partial charge in [-0.05, 0) is 24.0 Å². The van der Waals surface area contributed by atoms with Crippen molar-refractivity contribution in [2.45, 2.75) is 45.9 Å². The van der Waals surface area contributed by atoms with E-state index >= 15 is 0 Å². The third-order valence-electron chi connectivity index (χ3n) is 2.21. The minimum absolute atomic E-state index is 0.133. The van der Waals surface area contributed by atoms with Crippen molar-refractivity contribution in [2.24, 2.45) is 17.6 Å². The molecule has 4 nitrogen and oxygen atoms in total. The van der Waals surface area contributed by atoms with E-state index in [0.717, 1.165) is 23.8 Å². The van der Waals surface area contributed by atoms with Crippen LogP contribution in [0.2, 0.25) is 0 Å². The van der Waals surface area contributed by atoms with Crippen LogP contribution in [-0.4, -0.2) is 15.9 Å². The molecule has 17 heavy (non-hydrogen) atoms. The Labute approximate surface area is 108 Å². The molecule has 0 aromatic carbocycles. The number of aromatic nitrogens is 2. The van der Waals surface area contributed by atoms with Crippen LogP contribution in [0, 0.1) is 11.8 Å². The molecule has 1 aromatic heterocycles. The van der Waals surface area contributed by atoms with Crippen LogP contribution < -0.4 is 5.73 Å². The fraction of sp³-hybridized carbons (Fsp3) is 0.833. The van der Waals surface area contributed by atoms with Gasteiger partial charge in [-0.3, -0.25) is 0 Å².